The molecule has 102 valence electrons. The van der Waals surface area contributed by atoms with Crippen molar-refractivity contribution in [1.29, 1.82) is 0 Å². The second kappa shape index (κ2) is 7.59. The molecule has 1 N–H and O–H groups in total. The van der Waals surface area contributed by atoms with Gasteiger partial charge >= 0.3 is 0 Å². The zero-order valence-electron chi connectivity index (χ0n) is 12.0. The van der Waals surface area contributed by atoms with Crippen LogP contribution in [-0.4, -0.2) is 41.1 Å². The molecule has 0 bridgehead atoms. The number of thioether (sulfide) groups is 1. The van der Waals surface area contributed by atoms with Gasteiger partial charge in [0, 0.05) is 37.6 Å². The van der Waals surface area contributed by atoms with Crippen molar-refractivity contribution in [3.63, 3.8) is 0 Å². The molecular formula is C13H24N4S. The molecule has 0 aliphatic heterocycles. The molecule has 5 heteroatoms. The summed E-state index contributed by atoms with van der Waals surface area (Å²) in [6, 6.07) is 0.922. The number of rotatable bonds is 7. The van der Waals surface area contributed by atoms with Gasteiger partial charge in [0.25, 0.3) is 0 Å². The topological polar surface area (TPSA) is 41.1 Å². The Bertz CT molecular complexity index is 357. The van der Waals surface area contributed by atoms with Gasteiger partial charge in [-0.15, -0.1) is 0 Å². The standard InChI is InChI=1S/C13H24N4S/c1-10(2)15-7-12-6-14-8-13(16-12)17(4)11(3)9-18-5/h6,8,10-11,15H,7,9H2,1-5H3. The maximum atomic E-state index is 4.64. The molecule has 0 fully saturated rings. The van der Waals surface area contributed by atoms with Crippen molar-refractivity contribution in [2.75, 3.05) is 24.0 Å². The van der Waals surface area contributed by atoms with E-state index in [0.717, 1.165) is 23.8 Å². The van der Waals surface area contributed by atoms with Gasteiger partial charge in [0.05, 0.1) is 11.9 Å². The van der Waals surface area contributed by atoms with E-state index in [9.17, 15) is 0 Å². The number of hydrogen-bond donors (Lipinski definition) is 1. The first kappa shape index (κ1) is 15.2. The van der Waals surface area contributed by atoms with Gasteiger partial charge in [0.1, 0.15) is 5.82 Å². The molecule has 1 unspecified atom stereocenters. The van der Waals surface area contributed by atoms with E-state index in [2.05, 4.69) is 54.3 Å². The molecular weight excluding hydrogens is 244 g/mol. The van der Waals surface area contributed by atoms with Crippen LogP contribution in [0, 0.1) is 0 Å². The average molecular weight is 268 g/mol. The van der Waals surface area contributed by atoms with Crippen molar-refractivity contribution in [2.45, 2.75) is 39.4 Å². The molecule has 1 heterocycles. The van der Waals surface area contributed by atoms with E-state index in [1.165, 1.54) is 0 Å². The Morgan fingerprint density at radius 1 is 1.33 bits per heavy atom. The van der Waals surface area contributed by atoms with Crippen LogP contribution in [0.2, 0.25) is 0 Å². The lowest BCUT2D eigenvalue weighted by molar-refractivity contribution is 0.579. The first-order valence-electron chi connectivity index (χ1n) is 6.30. The van der Waals surface area contributed by atoms with Crippen LogP contribution in [-0.2, 0) is 6.54 Å². The largest absolute Gasteiger partial charge is 0.355 e. The average Bonchev–Trinajstić information content (AvgIpc) is 2.36. The molecule has 1 aromatic heterocycles. The predicted octanol–water partition coefficient (Wildman–Crippen LogP) is 2.16. The Morgan fingerprint density at radius 2 is 2.06 bits per heavy atom. The molecule has 0 aliphatic rings. The van der Waals surface area contributed by atoms with Gasteiger partial charge in [-0.3, -0.25) is 4.98 Å². The van der Waals surface area contributed by atoms with E-state index < -0.39 is 0 Å². The van der Waals surface area contributed by atoms with Crippen LogP contribution in [0.3, 0.4) is 0 Å². The van der Waals surface area contributed by atoms with Crippen molar-refractivity contribution in [3.8, 4) is 0 Å². The van der Waals surface area contributed by atoms with Gasteiger partial charge in [-0.05, 0) is 13.2 Å². The summed E-state index contributed by atoms with van der Waals surface area (Å²) < 4.78 is 0. The molecule has 0 amide bonds. The van der Waals surface area contributed by atoms with Crippen molar-refractivity contribution in [2.24, 2.45) is 0 Å². The zero-order valence-corrected chi connectivity index (χ0v) is 12.8. The monoisotopic (exact) mass is 268 g/mol. The van der Waals surface area contributed by atoms with Crippen molar-refractivity contribution in [3.05, 3.63) is 18.1 Å². The van der Waals surface area contributed by atoms with Crippen LogP contribution in [0.15, 0.2) is 12.4 Å². The fraction of sp³-hybridized carbons (Fsp3) is 0.692. The van der Waals surface area contributed by atoms with Gasteiger partial charge in [-0.2, -0.15) is 11.8 Å². The Kier molecular flexibility index (Phi) is 6.43. The lowest BCUT2D eigenvalue weighted by Gasteiger charge is -2.25. The highest BCUT2D eigenvalue weighted by molar-refractivity contribution is 7.98. The predicted molar refractivity (Wildman–Crippen MR) is 80.3 cm³/mol. The van der Waals surface area contributed by atoms with E-state index in [1.54, 1.807) is 0 Å². The molecule has 0 radical (unpaired) electrons. The van der Waals surface area contributed by atoms with Crippen LogP contribution in [0.4, 0.5) is 5.82 Å². The molecule has 4 nitrogen and oxygen atoms in total. The quantitative estimate of drug-likeness (QED) is 0.821. The van der Waals surface area contributed by atoms with Gasteiger partial charge in [-0.1, -0.05) is 13.8 Å². The van der Waals surface area contributed by atoms with E-state index in [4.69, 9.17) is 0 Å². The number of nitrogens with zero attached hydrogens (tertiary/aromatic N) is 3. The lowest BCUT2D eigenvalue weighted by Crippen LogP contribution is -2.32. The van der Waals surface area contributed by atoms with Crippen molar-refractivity contribution >= 4 is 17.6 Å². The second-order valence-corrected chi connectivity index (χ2v) is 5.73. The van der Waals surface area contributed by atoms with Gasteiger partial charge in [0.2, 0.25) is 0 Å². The van der Waals surface area contributed by atoms with E-state index in [-0.39, 0.29) is 0 Å². The smallest absolute Gasteiger partial charge is 0.147 e. The van der Waals surface area contributed by atoms with E-state index in [1.807, 2.05) is 24.2 Å². The fourth-order valence-corrected chi connectivity index (χ4v) is 2.24. The first-order valence-corrected chi connectivity index (χ1v) is 7.70. The van der Waals surface area contributed by atoms with Crippen molar-refractivity contribution < 1.29 is 0 Å². The summed E-state index contributed by atoms with van der Waals surface area (Å²) in [5.74, 6) is 2.03. The highest BCUT2D eigenvalue weighted by Gasteiger charge is 2.11. The number of aromatic nitrogens is 2. The summed E-state index contributed by atoms with van der Waals surface area (Å²) in [7, 11) is 2.07. The molecule has 0 spiro atoms. The van der Waals surface area contributed by atoms with E-state index in [0.29, 0.717) is 12.1 Å². The molecule has 0 aliphatic carbocycles. The fourth-order valence-electron chi connectivity index (χ4n) is 1.54. The maximum Gasteiger partial charge on any atom is 0.147 e. The maximum absolute atomic E-state index is 4.64. The molecule has 1 rings (SSSR count). The number of hydrogen-bond acceptors (Lipinski definition) is 5. The van der Waals surface area contributed by atoms with Crippen LogP contribution >= 0.6 is 11.8 Å². The summed E-state index contributed by atoms with van der Waals surface area (Å²) in [6.07, 6.45) is 5.78. The third kappa shape index (κ3) is 4.82. The molecule has 0 aromatic carbocycles. The van der Waals surface area contributed by atoms with Gasteiger partial charge in [-0.25, -0.2) is 4.98 Å². The molecule has 0 saturated heterocycles. The minimum Gasteiger partial charge on any atom is -0.355 e. The normalized spacial score (nSPS) is 12.8. The third-order valence-corrected chi connectivity index (χ3v) is 3.61. The number of nitrogens with one attached hydrogen (secondary N) is 1. The molecule has 0 saturated carbocycles. The highest BCUT2D eigenvalue weighted by atomic mass is 32.2. The highest BCUT2D eigenvalue weighted by Crippen LogP contribution is 2.13. The van der Waals surface area contributed by atoms with Crippen LogP contribution in [0.25, 0.3) is 0 Å². The second-order valence-electron chi connectivity index (χ2n) is 4.82. The summed E-state index contributed by atoms with van der Waals surface area (Å²) in [5, 5.41) is 3.36. The summed E-state index contributed by atoms with van der Waals surface area (Å²) in [6.45, 7) is 7.23. The van der Waals surface area contributed by atoms with Crippen LogP contribution in [0.1, 0.15) is 26.5 Å². The molecule has 1 atom stereocenters. The lowest BCUT2D eigenvalue weighted by atomic mass is 10.3. The third-order valence-electron chi connectivity index (χ3n) is 2.79. The SMILES string of the molecule is CSCC(C)N(C)c1cncc(CNC(C)C)n1. The Labute approximate surface area is 115 Å². The van der Waals surface area contributed by atoms with Crippen LogP contribution < -0.4 is 10.2 Å². The first-order chi connectivity index (χ1) is 8.54. The Morgan fingerprint density at radius 3 is 2.67 bits per heavy atom. The van der Waals surface area contributed by atoms with Gasteiger partial charge in [0.15, 0.2) is 0 Å². The summed E-state index contributed by atoms with van der Waals surface area (Å²) in [5.41, 5.74) is 0.990. The Balaban J connectivity index is 2.68. The summed E-state index contributed by atoms with van der Waals surface area (Å²) in [4.78, 5) is 11.1. The van der Waals surface area contributed by atoms with Crippen LogP contribution in [0.5, 0.6) is 0 Å². The molecule has 18 heavy (non-hydrogen) atoms. The number of anilines is 1. The van der Waals surface area contributed by atoms with Crippen molar-refractivity contribution in [1.82, 2.24) is 15.3 Å². The van der Waals surface area contributed by atoms with Gasteiger partial charge < -0.3 is 10.2 Å². The summed E-state index contributed by atoms with van der Waals surface area (Å²) >= 11 is 1.85. The zero-order chi connectivity index (χ0) is 13.5. The minimum absolute atomic E-state index is 0.461. The molecule has 1 aromatic rings. The minimum atomic E-state index is 0.461. The Hall–Kier alpha value is -0.810. The van der Waals surface area contributed by atoms with E-state index >= 15 is 0 Å².